The van der Waals surface area contributed by atoms with E-state index in [2.05, 4.69) is 9.72 Å². The number of nitrogens with zero attached hydrogens (tertiary/aromatic N) is 1. The number of ether oxygens (including phenoxy) is 1. The van der Waals surface area contributed by atoms with Gasteiger partial charge in [0, 0.05) is 11.6 Å². The summed E-state index contributed by atoms with van der Waals surface area (Å²) in [7, 11) is 1.26. The monoisotopic (exact) mass is 332 g/mol. The lowest BCUT2D eigenvalue weighted by atomic mass is 10.0. The molecule has 0 saturated heterocycles. The number of rotatable bonds is 2. The number of carbonyl (C=O) groups excluding carboxylic acids is 1. The van der Waals surface area contributed by atoms with Crippen molar-refractivity contribution in [1.82, 2.24) is 4.98 Å². The van der Waals surface area contributed by atoms with E-state index in [0.29, 0.717) is 16.5 Å². The molecular weight excluding hydrogens is 324 g/mol. The van der Waals surface area contributed by atoms with Crippen molar-refractivity contribution in [2.45, 2.75) is 0 Å². The zero-order valence-corrected chi connectivity index (χ0v) is 12.5. The number of H-pyrrole nitrogens is 1. The maximum Gasteiger partial charge on any atom is 0.337 e. The molecule has 0 amide bonds. The van der Waals surface area contributed by atoms with Crippen LogP contribution in [-0.2, 0) is 4.74 Å². The quantitative estimate of drug-likeness (QED) is 0.336. The van der Waals surface area contributed by atoms with Crippen LogP contribution in [0.1, 0.15) is 10.4 Å². The van der Waals surface area contributed by atoms with Crippen LogP contribution in [0.25, 0.3) is 22.2 Å². The highest BCUT2D eigenvalue weighted by Gasteiger charge is 2.24. The predicted molar refractivity (Wildman–Crippen MR) is 84.2 cm³/mol. The zero-order chi connectivity index (χ0) is 16.7. The van der Waals surface area contributed by atoms with Crippen molar-refractivity contribution in [3.05, 3.63) is 61.3 Å². The standard InChI is InChI=1S/C15H9ClN2O5/c1-23-15(20)7-2-3-11-8(4-7)5-9-13(17-11)12(18(21)22)6-10(16)14(9)19/h2-6,17H,1H3. The molecule has 0 unspecified atom stereocenters. The van der Waals surface area contributed by atoms with E-state index < -0.39 is 16.3 Å². The molecule has 0 fully saturated rings. The van der Waals surface area contributed by atoms with E-state index in [1.807, 2.05) is 0 Å². The van der Waals surface area contributed by atoms with Gasteiger partial charge in [-0.25, -0.2) is 4.79 Å². The number of halogens is 1. The second kappa shape index (κ2) is 5.36. The van der Waals surface area contributed by atoms with Crippen LogP contribution >= 0.6 is 11.6 Å². The number of aromatic nitrogens is 1. The molecule has 2 aliphatic rings. The largest absolute Gasteiger partial charge is 0.465 e. The first kappa shape index (κ1) is 15.0. The number of nitrogens with one attached hydrogen (secondary N) is 1. The number of fused-ring (bicyclic) bond motifs is 2. The summed E-state index contributed by atoms with van der Waals surface area (Å²) < 4.78 is 4.64. The molecular formula is C15H9ClN2O5. The van der Waals surface area contributed by atoms with E-state index in [4.69, 9.17) is 11.6 Å². The molecule has 0 bridgehead atoms. The topological polar surface area (TPSA) is 102 Å². The Morgan fingerprint density at radius 1 is 1.30 bits per heavy atom. The molecule has 1 N–H and O–H groups in total. The smallest absolute Gasteiger partial charge is 0.337 e. The molecule has 1 heterocycles. The number of esters is 1. The first-order chi connectivity index (χ1) is 10.9. The number of hydrogen-bond donors (Lipinski definition) is 1. The normalized spacial score (nSPS) is 10.9. The van der Waals surface area contributed by atoms with Gasteiger partial charge in [0.25, 0.3) is 5.69 Å². The van der Waals surface area contributed by atoms with Crippen molar-refractivity contribution in [1.29, 1.82) is 0 Å². The van der Waals surface area contributed by atoms with E-state index in [0.717, 1.165) is 6.07 Å². The van der Waals surface area contributed by atoms with Crippen LogP contribution in [0.5, 0.6) is 0 Å². The lowest BCUT2D eigenvalue weighted by Gasteiger charge is -2.10. The van der Waals surface area contributed by atoms with Gasteiger partial charge in [0.1, 0.15) is 5.69 Å². The van der Waals surface area contributed by atoms with Gasteiger partial charge in [-0.3, -0.25) is 14.9 Å². The minimum Gasteiger partial charge on any atom is -0.465 e. The third kappa shape index (κ3) is 2.40. The second-order valence-corrected chi connectivity index (χ2v) is 5.22. The van der Waals surface area contributed by atoms with Crippen LogP contribution < -0.4 is 5.43 Å². The average Bonchev–Trinajstić information content (AvgIpc) is 2.55. The highest BCUT2D eigenvalue weighted by Crippen LogP contribution is 2.32. The number of benzene rings is 2. The Morgan fingerprint density at radius 3 is 2.70 bits per heavy atom. The molecule has 0 saturated carbocycles. The summed E-state index contributed by atoms with van der Waals surface area (Å²) in [5.74, 6) is -0.522. The van der Waals surface area contributed by atoms with Crippen molar-refractivity contribution in [3.63, 3.8) is 0 Å². The molecule has 23 heavy (non-hydrogen) atoms. The van der Waals surface area contributed by atoms with E-state index >= 15 is 0 Å². The van der Waals surface area contributed by atoms with Gasteiger partial charge in [0.2, 0.25) is 5.43 Å². The molecule has 0 aromatic heterocycles. The van der Waals surface area contributed by atoms with Crippen LogP contribution in [-0.4, -0.2) is 23.0 Å². The number of nitro benzene ring substituents is 1. The third-order valence-electron chi connectivity index (χ3n) is 3.48. The van der Waals surface area contributed by atoms with E-state index in [1.54, 1.807) is 6.07 Å². The van der Waals surface area contributed by atoms with Gasteiger partial charge in [0.15, 0.2) is 0 Å². The summed E-state index contributed by atoms with van der Waals surface area (Å²) in [6.45, 7) is 0. The molecule has 1 aromatic carbocycles. The van der Waals surface area contributed by atoms with Gasteiger partial charge in [-0.15, -0.1) is 0 Å². The molecule has 0 atom stereocenters. The van der Waals surface area contributed by atoms with Crippen LogP contribution in [0.4, 0.5) is 5.69 Å². The van der Waals surface area contributed by atoms with E-state index in [-0.39, 0.29) is 22.0 Å². The molecule has 116 valence electrons. The molecule has 1 aromatic rings. The Bertz CT molecular complexity index is 995. The fourth-order valence-electron chi connectivity index (χ4n) is 2.38. The van der Waals surface area contributed by atoms with Crippen molar-refractivity contribution >= 4 is 34.2 Å². The van der Waals surface area contributed by atoms with Crippen molar-refractivity contribution in [2.75, 3.05) is 7.11 Å². The van der Waals surface area contributed by atoms with Crippen LogP contribution in [0.15, 0.2) is 35.1 Å². The summed E-state index contributed by atoms with van der Waals surface area (Å²) in [5.41, 5.74) is 0.200. The number of hydrogen-bond acceptors (Lipinski definition) is 5. The Labute approximate surface area is 133 Å². The second-order valence-electron chi connectivity index (χ2n) is 4.82. The van der Waals surface area contributed by atoms with Gasteiger partial charge in [-0.05, 0) is 29.7 Å². The summed E-state index contributed by atoms with van der Waals surface area (Å²) >= 11 is 5.79. The maximum atomic E-state index is 12.2. The number of carbonyl (C=O) groups is 1. The van der Waals surface area contributed by atoms with Gasteiger partial charge in [-0.2, -0.15) is 0 Å². The fraction of sp³-hybridized carbons (Fsp3) is 0.0667. The van der Waals surface area contributed by atoms with Gasteiger partial charge >= 0.3 is 5.97 Å². The predicted octanol–water partition coefficient (Wildman–Crippen LogP) is 2.98. The SMILES string of the molecule is COC(=O)c1ccc2[nH]c3c([N+](=O)[O-])cc(Cl)c(=O)c-3cc2c1. The Balaban J connectivity index is 2.39. The minimum atomic E-state index is -0.612. The van der Waals surface area contributed by atoms with E-state index in [9.17, 15) is 19.7 Å². The molecule has 0 radical (unpaired) electrons. The van der Waals surface area contributed by atoms with Crippen molar-refractivity contribution < 1.29 is 14.5 Å². The molecule has 3 rings (SSSR count). The fourth-order valence-corrected chi connectivity index (χ4v) is 2.59. The van der Waals surface area contributed by atoms with Gasteiger partial charge in [0.05, 0.1) is 28.2 Å². The van der Waals surface area contributed by atoms with Crippen molar-refractivity contribution in [2.24, 2.45) is 0 Å². The Hall–Kier alpha value is -2.93. The van der Waals surface area contributed by atoms with Crippen LogP contribution in [0, 0.1) is 10.1 Å². The summed E-state index contributed by atoms with van der Waals surface area (Å²) in [6.07, 6.45) is 0. The summed E-state index contributed by atoms with van der Waals surface area (Å²) in [6, 6.07) is 7.13. The van der Waals surface area contributed by atoms with E-state index in [1.165, 1.54) is 25.3 Å². The molecule has 8 heteroatoms. The zero-order valence-electron chi connectivity index (χ0n) is 11.8. The van der Waals surface area contributed by atoms with Crippen LogP contribution in [0.3, 0.4) is 0 Å². The summed E-state index contributed by atoms with van der Waals surface area (Å²) in [5, 5.41) is 11.5. The first-order valence-corrected chi connectivity index (χ1v) is 6.82. The Morgan fingerprint density at radius 2 is 2.04 bits per heavy atom. The average molecular weight is 333 g/mol. The first-order valence-electron chi connectivity index (χ1n) is 6.44. The third-order valence-corrected chi connectivity index (χ3v) is 3.76. The van der Waals surface area contributed by atoms with Gasteiger partial charge < -0.3 is 9.72 Å². The highest BCUT2D eigenvalue weighted by atomic mass is 35.5. The van der Waals surface area contributed by atoms with Gasteiger partial charge in [-0.1, -0.05) is 11.6 Å². The van der Waals surface area contributed by atoms with Crippen molar-refractivity contribution in [3.8, 4) is 11.3 Å². The number of pyridine rings is 1. The highest BCUT2D eigenvalue weighted by molar-refractivity contribution is 6.31. The number of nitro groups is 1. The summed E-state index contributed by atoms with van der Waals surface area (Å²) in [4.78, 5) is 37.1. The molecule has 7 nitrogen and oxygen atoms in total. The number of aromatic amines is 1. The lowest BCUT2D eigenvalue weighted by molar-refractivity contribution is -0.384. The minimum absolute atomic E-state index is 0.0821. The molecule has 1 aliphatic carbocycles. The Kier molecular flexibility index (Phi) is 3.49. The maximum absolute atomic E-state index is 12.2. The molecule has 1 aliphatic heterocycles. The van der Waals surface area contributed by atoms with Crippen LogP contribution in [0.2, 0.25) is 5.02 Å². The lowest BCUT2D eigenvalue weighted by Crippen LogP contribution is -2.10. The number of methoxy groups -OCH3 is 1. The molecule has 0 spiro atoms.